The Morgan fingerprint density at radius 3 is 2.79 bits per heavy atom. The highest BCUT2D eigenvalue weighted by atomic mass is 35.5. The third-order valence-corrected chi connectivity index (χ3v) is 10.8. The first-order valence-electron chi connectivity index (χ1n) is 15.4. The van der Waals surface area contributed by atoms with Crippen LogP contribution in [0.1, 0.15) is 24.8 Å². The van der Waals surface area contributed by atoms with Gasteiger partial charge in [-0.3, -0.25) is 4.90 Å². The fraction of sp³-hybridized carbons (Fsp3) is 0.469. The van der Waals surface area contributed by atoms with Crippen LogP contribution in [-0.4, -0.2) is 97.4 Å². The molecule has 0 bridgehead atoms. The molecule has 3 aliphatic rings. The number of ether oxygens (including phenoxy) is 2. The number of hydrogen-bond acceptors (Lipinski definition) is 10. The van der Waals surface area contributed by atoms with E-state index in [1.54, 1.807) is 19.0 Å². The molecule has 5 heterocycles. The third kappa shape index (κ3) is 5.33. The highest BCUT2D eigenvalue weighted by Crippen LogP contribution is 2.51. The van der Waals surface area contributed by atoms with Crippen molar-refractivity contribution in [2.24, 2.45) is 0 Å². The van der Waals surface area contributed by atoms with Gasteiger partial charge in [-0.25, -0.2) is 22.0 Å². The highest BCUT2D eigenvalue weighted by molar-refractivity contribution is 7.23. The lowest BCUT2D eigenvalue weighted by Crippen LogP contribution is -2.47. The Hall–Kier alpha value is -3.71. The number of nitrogen functional groups attached to an aromatic ring is 1. The number of nitrogens with zero attached hydrogens (tertiary/aromatic N) is 6. The van der Waals surface area contributed by atoms with Crippen molar-refractivity contribution < 1.29 is 31.4 Å². The van der Waals surface area contributed by atoms with Crippen LogP contribution in [0, 0.1) is 23.0 Å². The smallest absolute Gasteiger partial charge is 0.319 e. The van der Waals surface area contributed by atoms with Crippen LogP contribution in [0.15, 0.2) is 12.1 Å². The topological polar surface area (TPSA) is 104 Å². The van der Waals surface area contributed by atoms with E-state index in [1.807, 2.05) is 11.0 Å². The zero-order chi connectivity index (χ0) is 34.1. The van der Waals surface area contributed by atoms with Gasteiger partial charge in [-0.05, 0) is 45.1 Å². The van der Waals surface area contributed by atoms with Crippen molar-refractivity contribution in [1.82, 2.24) is 19.8 Å². The number of likely N-dealkylation sites (N-methyl/N-ethyl adjacent to an activating group) is 1. The van der Waals surface area contributed by atoms with Gasteiger partial charge in [0, 0.05) is 30.5 Å². The number of hydrogen-bond donors (Lipinski definition) is 1. The lowest BCUT2D eigenvalue weighted by Gasteiger charge is -2.33. The molecule has 4 aromatic rings. The van der Waals surface area contributed by atoms with Crippen molar-refractivity contribution in [3.8, 4) is 29.0 Å². The first-order chi connectivity index (χ1) is 22.9. The van der Waals surface area contributed by atoms with E-state index in [9.17, 15) is 22.8 Å². The summed E-state index contributed by atoms with van der Waals surface area (Å²) in [4.78, 5) is 14.2. The number of thiophene rings is 1. The molecule has 7 rings (SSSR count). The number of nitriles is 1. The van der Waals surface area contributed by atoms with Crippen molar-refractivity contribution in [2.75, 3.05) is 64.1 Å². The van der Waals surface area contributed by atoms with E-state index in [0.717, 1.165) is 23.8 Å². The lowest BCUT2D eigenvalue weighted by atomic mass is 9.95. The van der Waals surface area contributed by atoms with Crippen LogP contribution < -0.4 is 20.1 Å². The van der Waals surface area contributed by atoms with Crippen LogP contribution in [0.5, 0.6) is 11.8 Å². The quantitative estimate of drug-likeness (QED) is 0.213. The molecule has 0 amide bonds. The normalized spacial score (nSPS) is 22.5. The average Bonchev–Trinajstić information content (AvgIpc) is 3.64. The summed E-state index contributed by atoms with van der Waals surface area (Å²) in [5.41, 5.74) is 4.92. The Balaban J connectivity index is 1.47. The number of alkyl halides is 3. The van der Waals surface area contributed by atoms with E-state index in [0.29, 0.717) is 13.0 Å². The van der Waals surface area contributed by atoms with Gasteiger partial charge >= 0.3 is 6.01 Å². The summed E-state index contributed by atoms with van der Waals surface area (Å²) in [6.07, 6.45) is -2.02. The van der Waals surface area contributed by atoms with Crippen LogP contribution in [0.2, 0.25) is 5.02 Å². The molecule has 2 aromatic carbocycles. The summed E-state index contributed by atoms with van der Waals surface area (Å²) >= 11 is 7.79. The molecule has 0 aliphatic carbocycles. The van der Waals surface area contributed by atoms with Crippen molar-refractivity contribution >= 4 is 54.7 Å². The number of rotatable bonds is 8. The summed E-state index contributed by atoms with van der Waals surface area (Å²) in [5, 5.41) is 9.74. The summed E-state index contributed by atoms with van der Waals surface area (Å²) in [6.45, 7) is 0.391. The van der Waals surface area contributed by atoms with E-state index in [1.165, 1.54) is 11.0 Å². The molecule has 2 aromatic heterocycles. The fourth-order valence-corrected chi connectivity index (χ4v) is 8.72. The summed E-state index contributed by atoms with van der Waals surface area (Å²) in [7, 11) is 3.55. The minimum Gasteiger partial charge on any atom is -0.489 e. The van der Waals surface area contributed by atoms with Crippen molar-refractivity contribution in [1.29, 1.82) is 5.26 Å². The van der Waals surface area contributed by atoms with Gasteiger partial charge in [0.05, 0.1) is 38.8 Å². The minimum atomic E-state index is -2.79. The zero-order valence-electron chi connectivity index (χ0n) is 26.0. The molecular weight excluding hydrogens is 677 g/mol. The molecular formula is C32H31ClF5N7O2S. The summed E-state index contributed by atoms with van der Waals surface area (Å²) in [5.74, 6) is -1.75. The highest BCUT2D eigenvalue weighted by Gasteiger charge is 2.49. The largest absolute Gasteiger partial charge is 0.489 e. The van der Waals surface area contributed by atoms with Crippen LogP contribution in [0.4, 0.5) is 32.8 Å². The van der Waals surface area contributed by atoms with Crippen LogP contribution in [-0.2, 0) is 0 Å². The minimum absolute atomic E-state index is 0.0120. The molecule has 0 saturated carbocycles. The number of anilines is 2. The van der Waals surface area contributed by atoms with E-state index in [-0.39, 0.29) is 98.0 Å². The first kappa shape index (κ1) is 32.8. The first-order valence-corrected chi connectivity index (χ1v) is 16.6. The van der Waals surface area contributed by atoms with Gasteiger partial charge in [-0.15, -0.1) is 11.3 Å². The van der Waals surface area contributed by atoms with Gasteiger partial charge in [-0.2, -0.15) is 15.2 Å². The maximum atomic E-state index is 17.1. The van der Waals surface area contributed by atoms with Gasteiger partial charge < -0.3 is 25.0 Å². The zero-order valence-corrected chi connectivity index (χ0v) is 27.6. The maximum Gasteiger partial charge on any atom is 0.319 e. The molecule has 0 spiro atoms. The van der Waals surface area contributed by atoms with Gasteiger partial charge in [0.2, 0.25) is 0 Å². The van der Waals surface area contributed by atoms with Gasteiger partial charge in [0.15, 0.2) is 11.6 Å². The molecule has 2 fully saturated rings. The third-order valence-electron chi connectivity index (χ3n) is 9.42. The molecule has 9 nitrogen and oxygen atoms in total. The molecule has 0 unspecified atom stereocenters. The van der Waals surface area contributed by atoms with Gasteiger partial charge in [0.1, 0.15) is 47.6 Å². The Morgan fingerprint density at radius 1 is 1.27 bits per heavy atom. The second kappa shape index (κ2) is 12.3. The Bertz CT molecular complexity index is 1970. The Labute approximate surface area is 281 Å². The van der Waals surface area contributed by atoms with Crippen molar-refractivity contribution in [3.05, 3.63) is 34.4 Å². The fourth-order valence-electron chi connectivity index (χ4n) is 7.44. The summed E-state index contributed by atoms with van der Waals surface area (Å²) in [6, 6.07) is 3.43. The van der Waals surface area contributed by atoms with Crippen molar-refractivity contribution in [3.63, 3.8) is 0 Å². The standard InChI is InChI=1S/C32H31ClF5N7O2S/c1-43(2)11-16-13-46-27-23-26(25(38)22(24(27)33)17-4-5-19(35)28-21(17)18(9-39)29(40)48-28)41-31(42-30(23)45(16)12-20(36)37)47-14-32-6-3-7-44(32)10-15(34)8-32/h4-5,15-16,20H,3,6-8,10-14,40H2,1-2H3/t15-,16+,32+/m1/s1. The Morgan fingerprint density at radius 2 is 2.06 bits per heavy atom. The average molecular weight is 708 g/mol. The molecule has 16 heteroatoms. The molecule has 2 saturated heterocycles. The van der Waals surface area contributed by atoms with E-state index in [2.05, 4.69) is 9.97 Å². The predicted molar refractivity (Wildman–Crippen MR) is 174 cm³/mol. The van der Waals surface area contributed by atoms with Crippen molar-refractivity contribution in [2.45, 2.75) is 43.4 Å². The summed E-state index contributed by atoms with van der Waals surface area (Å²) < 4.78 is 87.3. The number of nitrogens with two attached hydrogens (primary N) is 1. The van der Waals surface area contributed by atoms with Gasteiger partial charge in [-0.1, -0.05) is 17.7 Å². The van der Waals surface area contributed by atoms with E-state index < -0.39 is 42.4 Å². The van der Waals surface area contributed by atoms with E-state index >= 15 is 4.39 Å². The molecule has 0 radical (unpaired) electrons. The Kier molecular flexibility index (Phi) is 8.42. The number of benzene rings is 2. The lowest BCUT2D eigenvalue weighted by molar-refractivity contribution is 0.107. The second-order valence-electron chi connectivity index (χ2n) is 12.8. The molecule has 48 heavy (non-hydrogen) atoms. The molecule has 2 N–H and O–H groups in total. The SMILES string of the molecule is CN(C)C[C@H]1COc2c(Cl)c(-c3ccc(F)c4sc(N)c(C#N)c34)c(F)c3nc(OC[C@@]45CCCN4C[C@H](F)C5)nc(c23)N1CC(F)F. The predicted octanol–water partition coefficient (Wildman–Crippen LogP) is 6.25. The number of aromatic nitrogens is 2. The van der Waals surface area contributed by atoms with E-state index in [4.69, 9.17) is 26.8 Å². The van der Waals surface area contributed by atoms with Crippen LogP contribution in [0.3, 0.4) is 0 Å². The number of halogens is 6. The van der Waals surface area contributed by atoms with Crippen LogP contribution >= 0.6 is 22.9 Å². The second-order valence-corrected chi connectivity index (χ2v) is 14.2. The van der Waals surface area contributed by atoms with Gasteiger partial charge in [0.25, 0.3) is 6.43 Å². The number of fused-ring (bicyclic) bond motifs is 2. The monoisotopic (exact) mass is 707 g/mol. The van der Waals surface area contributed by atoms with Crippen LogP contribution in [0.25, 0.3) is 32.1 Å². The molecule has 254 valence electrons. The maximum absolute atomic E-state index is 17.1. The molecule has 3 aliphatic heterocycles. The molecule has 3 atom stereocenters.